The fourth-order valence-electron chi connectivity index (χ4n) is 8.63. The van der Waals surface area contributed by atoms with Crippen LogP contribution in [0.4, 0.5) is 5.69 Å². The number of carbonyl (C=O) groups is 4. The van der Waals surface area contributed by atoms with Crippen molar-refractivity contribution < 1.29 is 63.7 Å². The molecule has 15 heteroatoms. The first-order chi connectivity index (χ1) is 27.5. The quantitative estimate of drug-likeness (QED) is 0.115. The van der Waals surface area contributed by atoms with Crippen molar-refractivity contribution >= 4 is 39.9 Å². The molecule has 59 heavy (non-hydrogen) atoms. The molecule has 0 aliphatic carbocycles. The van der Waals surface area contributed by atoms with Gasteiger partial charge in [0.2, 0.25) is 0 Å². The van der Waals surface area contributed by atoms with Gasteiger partial charge < -0.3 is 55.1 Å². The number of phenolic OH excluding ortho intramolecular Hbond substituents is 3. The number of hydrogen-bond acceptors (Lipinski definition) is 14. The van der Waals surface area contributed by atoms with Gasteiger partial charge in [-0.05, 0) is 33.8 Å². The molecule has 322 valence electrons. The van der Waals surface area contributed by atoms with E-state index in [1.165, 1.54) is 53.2 Å². The average molecular weight is 823 g/mol. The Labute approximate surface area is 344 Å². The number of aromatic hydroxyl groups is 3. The van der Waals surface area contributed by atoms with Crippen LogP contribution >= 0.6 is 0 Å². The minimum atomic E-state index is -2.08. The zero-order valence-corrected chi connectivity index (χ0v) is 35.5. The highest BCUT2D eigenvalue weighted by Crippen LogP contribution is 2.57. The molecule has 2 aromatic rings. The van der Waals surface area contributed by atoms with Crippen molar-refractivity contribution in [3.63, 3.8) is 0 Å². The summed E-state index contributed by atoms with van der Waals surface area (Å²) >= 11 is 0. The Balaban J connectivity index is 1.75. The van der Waals surface area contributed by atoms with Crippen LogP contribution in [-0.4, -0.2) is 91.8 Å². The van der Waals surface area contributed by atoms with E-state index in [0.29, 0.717) is 0 Å². The number of benzene rings is 2. The van der Waals surface area contributed by atoms with Crippen molar-refractivity contribution in [2.75, 3.05) is 12.4 Å². The van der Waals surface area contributed by atoms with Crippen LogP contribution in [0.25, 0.3) is 10.8 Å². The number of carbonyl (C=O) groups excluding carboxylic acids is 4. The Morgan fingerprint density at radius 2 is 1.56 bits per heavy atom. The second-order valence-electron chi connectivity index (χ2n) is 17.1. The SMILES string of the molecule is CO[C@H]1C=CO[C@@]2(C)Oc3c(C)c(O)c4c(O)c(c([C@H]5CC(=O)CC(C)(C)N5)c(O)c4c3C2=O)NC(=O)/C(C)=C\C=C/[C@H](C)[C@H](O)[C@@H](C)[C@@H](O)[C@@H](C)[C@H](OC(C)=O)[C@@H]1C. The maximum atomic E-state index is 14.5. The van der Waals surface area contributed by atoms with E-state index in [1.54, 1.807) is 53.7 Å². The fraction of sp³-hybridized carbons (Fsp3) is 0.545. The molecule has 4 aliphatic rings. The Kier molecular flexibility index (Phi) is 13.0. The van der Waals surface area contributed by atoms with Gasteiger partial charge in [-0.1, -0.05) is 45.9 Å². The molecule has 6 rings (SSSR count). The van der Waals surface area contributed by atoms with Crippen LogP contribution in [0, 0.1) is 30.6 Å². The van der Waals surface area contributed by atoms with Gasteiger partial charge in [0, 0.05) is 91.1 Å². The molecule has 0 saturated carbocycles. The van der Waals surface area contributed by atoms with E-state index in [4.69, 9.17) is 18.9 Å². The first-order valence-corrected chi connectivity index (χ1v) is 19.8. The van der Waals surface area contributed by atoms with Crippen molar-refractivity contribution in [1.82, 2.24) is 5.32 Å². The van der Waals surface area contributed by atoms with Gasteiger partial charge in [0.05, 0.1) is 41.2 Å². The predicted octanol–water partition coefficient (Wildman–Crippen LogP) is 5.53. The topological polar surface area (TPSA) is 230 Å². The summed E-state index contributed by atoms with van der Waals surface area (Å²) in [6, 6.07) is -0.965. The molecule has 0 unspecified atom stereocenters. The molecule has 7 N–H and O–H groups in total. The number of phenols is 3. The molecular weight excluding hydrogens is 764 g/mol. The van der Waals surface area contributed by atoms with Gasteiger partial charge >= 0.3 is 11.8 Å². The summed E-state index contributed by atoms with van der Waals surface area (Å²) < 4.78 is 23.6. The molecular formula is C44H58N2O13. The molecule has 2 aromatic carbocycles. The van der Waals surface area contributed by atoms with Crippen LogP contribution in [0.2, 0.25) is 0 Å². The number of aliphatic hydroxyl groups is 2. The molecule has 10 atom stereocenters. The zero-order valence-electron chi connectivity index (χ0n) is 35.5. The van der Waals surface area contributed by atoms with Gasteiger partial charge in [-0.3, -0.25) is 19.2 Å². The first kappa shape index (κ1) is 45.1. The number of Topliss-reactive ketones (excluding diaryl/α,β-unsaturated/α-hetero) is 2. The molecule has 1 fully saturated rings. The smallest absolute Gasteiger partial charge is 0.312 e. The van der Waals surface area contributed by atoms with Gasteiger partial charge in [0.1, 0.15) is 29.1 Å². The zero-order chi connectivity index (χ0) is 44.0. The van der Waals surface area contributed by atoms with Crippen molar-refractivity contribution in [2.45, 2.75) is 124 Å². The van der Waals surface area contributed by atoms with Crippen LogP contribution in [0.1, 0.15) is 103 Å². The summed E-state index contributed by atoms with van der Waals surface area (Å²) in [7, 11) is 1.43. The molecule has 15 nitrogen and oxygen atoms in total. The lowest BCUT2D eigenvalue weighted by Gasteiger charge is -2.38. The van der Waals surface area contributed by atoms with Crippen LogP contribution in [0.3, 0.4) is 0 Å². The Bertz CT molecular complexity index is 2120. The molecule has 0 radical (unpaired) electrons. The van der Waals surface area contributed by atoms with E-state index < -0.39 is 100 Å². The lowest BCUT2D eigenvalue weighted by atomic mass is 9.78. The van der Waals surface area contributed by atoms with Crippen molar-refractivity contribution in [2.24, 2.45) is 23.7 Å². The molecule has 4 aliphatic heterocycles. The van der Waals surface area contributed by atoms with Gasteiger partial charge in [0.25, 0.3) is 11.7 Å². The number of aliphatic hydroxyl groups excluding tert-OH is 2. The number of fused-ring (bicyclic) bond motifs is 14. The second kappa shape index (κ2) is 17.0. The normalized spacial score (nSPS) is 33.2. The average Bonchev–Trinajstić information content (AvgIpc) is 3.42. The summed E-state index contributed by atoms with van der Waals surface area (Å²) in [5.74, 6) is -8.79. The summed E-state index contributed by atoms with van der Waals surface area (Å²) in [5.41, 5.74) is -1.19. The Hall–Kier alpha value is -4.96. The predicted molar refractivity (Wildman–Crippen MR) is 218 cm³/mol. The van der Waals surface area contributed by atoms with Gasteiger partial charge in [0.15, 0.2) is 5.75 Å². The summed E-state index contributed by atoms with van der Waals surface area (Å²) in [6.07, 6.45) is 3.45. The number of ketones is 2. The monoisotopic (exact) mass is 822 g/mol. The number of rotatable bonds is 3. The van der Waals surface area contributed by atoms with Gasteiger partial charge in [-0.25, -0.2) is 0 Å². The fourth-order valence-corrected chi connectivity index (χ4v) is 8.63. The van der Waals surface area contributed by atoms with E-state index in [2.05, 4.69) is 10.6 Å². The van der Waals surface area contributed by atoms with Crippen molar-refractivity contribution in [3.05, 3.63) is 52.8 Å². The highest BCUT2D eigenvalue weighted by atomic mass is 16.7. The minimum absolute atomic E-state index is 0.0291. The first-order valence-electron chi connectivity index (χ1n) is 19.8. The van der Waals surface area contributed by atoms with Gasteiger partial charge in [-0.2, -0.15) is 0 Å². The molecule has 0 spiro atoms. The maximum absolute atomic E-state index is 14.5. The number of nitrogens with one attached hydrogen (secondary N) is 2. The van der Waals surface area contributed by atoms with E-state index in [1.807, 2.05) is 0 Å². The number of methoxy groups -OCH3 is 1. The van der Waals surface area contributed by atoms with E-state index in [-0.39, 0.29) is 63.1 Å². The van der Waals surface area contributed by atoms with Crippen LogP contribution in [0.5, 0.6) is 23.0 Å². The van der Waals surface area contributed by atoms with Crippen molar-refractivity contribution in [1.29, 1.82) is 0 Å². The number of piperidine rings is 1. The number of ether oxygens (including phenoxy) is 4. The number of allylic oxidation sites excluding steroid dienone is 2. The number of anilines is 1. The van der Waals surface area contributed by atoms with Crippen LogP contribution in [-0.2, 0) is 28.6 Å². The molecule has 1 amide bonds. The summed E-state index contributed by atoms with van der Waals surface area (Å²) in [6.45, 7) is 16.0. The number of esters is 1. The third-order valence-corrected chi connectivity index (χ3v) is 12.0. The summed E-state index contributed by atoms with van der Waals surface area (Å²) in [5, 5.41) is 64.2. The lowest BCUT2D eigenvalue weighted by molar-refractivity contribution is -0.160. The lowest BCUT2D eigenvalue weighted by Crippen LogP contribution is -2.48. The second-order valence-corrected chi connectivity index (χ2v) is 17.1. The standard InChI is InChI=1S/C44H58N2O13/c1-19-13-12-14-20(2)42(55)45-33-29(27-17-26(48)18-43(8,9)46-27)37(52)30-31(38(33)53)36(51)24(6)40-32(30)41(54)44(10,59-40)57-16-15-28(56-11)21(3)39(58-25(7)47)23(5)35(50)22(4)34(19)49/h12-16,19,21-23,27-28,34-35,39,46,49-53H,17-18H2,1-11H3,(H,45,55)/b13-12-,16-15?,20-14-/t19-,21+,22+,23+,27+,28-,34-,35+,39+,44-/m0/s1. The highest BCUT2D eigenvalue weighted by molar-refractivity contribution is 6.22. The molecule has 0 aromatic heterocycles. The van der Waals surface area contributed by atoms with E-state index in [9.17, 15) is 44.7 Å². The molecule has 5 bridgehead atoms. The number of amides is 1. The van der Waals surface area contributed by atoms with Crippen molar-refractivity contribution in [3.8, 4) is 23.0 Å². The van der Waals surface area contributed by atoms with Crippen LogP contribution in [0.15, 0.2) is 36.1 Å². The summed E-state index contributed by atoms with van der Waals surface area (Å²) in [4.78, 5) is 53.8. The Morgan fingerprint density at radius 3 is 2.17 bits per heavy atom. The minimum Gasteiger partial charge on any atom is -0.507 e. The third kappa shape index (κ3) is 8.56. The van der Waals surface area contributed by atoms with Crippen LogP contribution < -0.4 is 15.4 Å². The molecule has 1 saturated heterocycles. The Morgan fingerprint density at radius 1 is 0.898 bits per heavy atom. The largest absolute Gasteiger partial charge is 0.507 e. The number of hydrogen-bond donors (Lipinski definition) is 7. The molecule has 4 heterocycles. The maximum Gasteiger partial charge on any atom is 0.312 e. The van der Waals surface area contributed by atoms with Gasteiger partial charge in [-0.15, -0.1) is 0 Å². The van der Waals surface area contributed by atoms with E-state index >= 15 is 0 Å². The highest BCUT2D eigenvalue weighted by Gasteiger charge is 2.50. The van der Waals surface area contributed by atoms with E-state index in [0.717, 1.165) is 0 Å². The third-order valence-electron chi connectivity index (χ3n) is 12.0.